The topological polar surface area (TPSA) is 41.1 Å². The van der Waals surface area contributed by atoms with Crippen molar-refractivity contribution in [1.82, 2.24) is 10.6 Å². The summed E-state index contributed by atoms with van der Waals surface area (Å²) in [5, 5.41) is 6.28. The van der Waals surface area contributed by atoms with E-state index in [9.17, 15) is 4.79 Å². The van der Waals surface area contributed by atoms with E-state index in [1.54, 1.807) is 0 Å². The molecule has 3 nitrogen and oxygen atoms in total. The molecule has 2 N–H and O–H groups in total. The van der Waals surface area contributed by atoms with Crippen LogP contribution in [0.4, 0.5) is 0 Å². The monoisotopic (exact) mass is 212 g/mol. The Kier molecular flexibility index (Phi) is 4.58. The second-order valence-corrected chi connectivity index (χ2v) is 5.63. The molecule has 0 aromatic rings. The Hall–Kier alpha value is -0.570. The molecule has 1 amide bonds. The van der Waals surface area contributed by atoms with Gasteiger partial charge >= 0.3 is 0 Å². The third-order valence-corrected chi connectivity index (χ3v) is 2.60. The number of hydrogen-bond acceptors (Lipinski definition) is 2. The van der Waals surface area contributed by atoms with Crippen LogP contribution in [0.1, 0.15) is 40.0 Å². The first-order valence-electron chi connectivity index (χ1n) is 5.97. The lowest BCUT2D eigenvalue weighted by atomic mass is 9.92. The molecule has 15 heavy (non-hydrogen) atoms. The van der Waals surface area contributed by atoms with Crippen molar-refractivity contribution in [2.75, 3.05) is 19.6 Å². The zero-order valence-corrected chi connectivity index (χ0v) is 10.2. The van der Waals surface area contributed by atoms with Crippen molar-refractivity contribution in [2.24, 2.45) is 11.3 Å². The molecule has 0 aromatic heterocycles. The fraction of sp³-hybridized carbons (Fsp3) is 0.917. The van der Waals surface area contributed by atoms with Crippen molar-refractivity contribution in [3.63, 3.8) is 0 Å². The third-order valence-electron chi connectivity index (χ3n) is 2.60. The maximum absolute atomic E-state index is 11.3. The minimum Gasteiger partial charge on any atom is -0.355 e. The largest absolute Gasteiger partial charge is 0.355 e. The van der Waals surface area contributed by atoms with Gasteiger partial charge in [0.25, 0.3) is 0 Å². The predicted molar refractivity (Wildman–Crippen MR) is 62.7 cm³/mol. The van der Waals surface area contributed by atoms with E-state index in [2.05, 4.69) is 31.4 Å². The van der Waals surface area contributed by atoms with Gasteiger partial charge in [-0.15, -0.1) is 0 Å². The van der Waals surface area contributed by atoms with Gasteiger partial charge in [-0.2, -0.15) is 0 Å². The summed E-state index contributed by atoms with van der Waals surface area (Å²) in [6.07, 6.45) is 3.34. The fourth-order valence-corrected chi connectivity index (χ4v) is 1.35. The Labute approximate surface area is 93.0 Å². The van der Waals surface area contributed by atoms with Crippen LogP contribution >= 0.6 is 0 Å². The molecule has 0 atom stereocenters. The number of amides is 1. The summed E-state index contributed by atoms with van der Waals surface area (Å²) in [5.41, 5.74) is 0.393. The first-order valence-corrected chi connectivity index (χ1v) is 5.97. The molecule has 3 heteroatoms. The average Bonchev–Trinajstić information content (AvgIpc) is 2.91. The van der Waals surface area contributed by atoms with Gasteiger partial charge in [0, 0.05) is 19.0 Å². The summed E-state index contributed by atoms with van der Waals surface area (Å²) in [6, 6.07) is 0. The van der Waals surface area contributed by atoms with Crippen LogP contribution in [0.2, 0.25) is 0 Å². The molecule has 1 fully saturated rings. The molecule has 0 radical (unpaired) electrons. The summed E-state index contributed by atoms with van der Waals surface area (Å²) in [7, 11) is 0. The van der Waals surface area contributed by atoms with Gasteiger partial charge in [0.1, 0.15) is 0 Å². The molecule has 0 aromatic carbocycles. The number of nitrogens with one attached hydrogen (secondary N) is 2. The van der Waals surface area contributed by atoms with E-state index in [0.717, 1.165) is 32.5 Å². The lowest BCUT2D eigenvalue weighted by molar-refractivity contribution is -0.122. The molecular formula is C12H24N2O. The molecule has 1 aliphatic carbocycles. The predicted octanol–water partition coefficient (Wildman–Crippen LogP) is 1.54. The van der Waals surface area contributed by atoms with Crippen molar-refractivity contribution < 1.29 is 4.79 Å². The lowest BCUT2D eigenvalue weighted by Crippen LogP contribution is -2.33. The Morgan fingerprint density at radius 2 is 1.87 bits per heavy atom. The first-order chi connectivity index (χ1) is 6.99. The van der Waals surface area contributed by atoms with Crippen LogP contribution in [0, 0.1) is 11.3 Å². The van der Waals surface area contributed by atoms with E-state index >= 15 is 0 Å². The molecule has 0 heterocycles. The highest BCUT2D eigenvalue weighted by molar-refractivity contribution is 5.80. The van der Waals surface area contributed by atoms with Gasteiger partial charge in [-0.05, 0) is 31.2 Å². The van der Waals surface area contributed by atoms with Crippen molar-refractivity contribution in [3.8, 4) is 0 Å². The van der Waals surface area contributed by atoms with Gasteiger partial charge in [0.2, 0.25) is 5.91 Å². The van der Waals surface area contributed by atoms with E-state index in [1.165, 1.54) is 6.42 Å². The highest BCUT2D eigenvalue weighted by Gasteiger charge is 2.28. The van der Waals surface area contributed by atoms with E-state index in [-0.39, 0.29) is 5.91 Å². The second-order valence-electron chi connectivity index (χ2n) is 5.63. The maximum Gasteiger partial charge on any atom is 0.223 e. The summed E-state index contributed by atoms with van der Waals surface area (Å²) in [5.74, 6) is 0.576. The quantitative estimate of drug-likeness (QED) is 0.656. The minimum absolute atomic E-state index is 0.243. The Bertz CT molecular complexity index is 204. The Morgan fingerprint density at radius 1 is 1.20 bits per heavy atom. The van der Waals surface area contributed by atoms with Gasteiger partial charge < -0.3 is 10.6 Å². The van der Waals surface area contributed by atoms with Crippen molar-refractivity contribution >= 4 is 5.91 Å². The maximum atomic E-state index is 11.3. The highest BCUT2D eigenvalue weighted by Crippen LogP contribution is 2.28. The van der Waals surface area contributed by atoms with Crippen molar-refractivity contribution in [1.29, 1.82) is 0 Å². The second kappa shape index (κ2) is 5.50. The molecule has 0 aliphatic heterocycles. The number of carbonyl (C=O) groups is 1. The van der Waals surface area contributed by atoms with Gasteiger partial charge in [-0.3, -0.25) is 4.79 Å². The van der Waals surface area contributed by atoms with E-state index in [0.29, 0.717) is 11.3 Å². The van der Waals surface area contributed by atoms with E-state index in [1.807, 2.05) is 0 Å². The molecule has 0 saturated heterocycles. The molecule has 88 valence electrons. The smallest absolute Gasteiger partial charge is 0.223 e. The van der Waals surface area contributed by atoms with Crippen LogP contribution in [-0.2, 0) is 4.79 Å². The number of rotatable bonds is 6. The standard InChI is InChI=1S/C12H24N2O/c1-12(2,3)6-7-13-8-9-14-11(15)10-4-5-10/h10,13H,4-9H2,1-3H3,(H,14,15). The number of hydrogen-bond donors (Lipinski definition) is 2. The highest BCUT2D eigenvalue weighted by atomic mass is 16.2. The normalized spacial score (nSPS) is 16.5. The van der Waals surface area contributed by atoms with E-state index < -0.39 is 0 Å². The zero-order chi connectivity index (χ0) is 11.3. The van der Waals surface area contributed by atoms with Gasteiger partial charge in [0.15, 0.2) is 0 Å². The molecule has 0 spiro atoms. The van der Waals surface area contributed by atoms with Crippen LogP contribution < -0.4 is 10.6 Å². The third kappa shape index (κ3) is 6.50. The van der Waals surface area contributed by atoms with Gasteiger partial charge in [0.05, 0.1) is 0 Å². The molecule has 0 bridgehead atoms. The summed E-state index contributed by atoms with van der Waals surface area (Å²) >= 11 is 0. The molecule has 1 rings (SSSR count). The van der Waals surface area contributed by atoms with Crippen LogP contribution in [0.15, 0.2) is 0 Å². The molecule has 1 aliphatic rings. The van der Waals surface area contributed by atoms with Crippen LogP contribution in [0.5, 0.6) is 0 Å². The zero-order valence-electron chi connectivity index (χ0n) is 10.2. The Balaban J connectivity index is 1.86. The van der Waals surface area contributed by atoms with Crippen molar-refractivity contribution in [3.05, 3.63) is 0 Å². The molecule has 0 unspecified atom stereocenters. The molecular weight excluding hydrogens is 188 g/mol. The van der Waals surface area contributed by atoms with E-state index in [4.69, 9.17) is 0 Å². The molecule has 1 saturated carbocycles. The summed E-state index contributed by atoms with van der Waals surface area (Å²) in [4.78, 5) is 11.3. The fourth-order valence-electron chi connectivity index (χ4n) is 1.35. The van der Waals surface area contributed by atoms with Crippen LogP contribution in [0.3, 0.4) is 0 Å². The van der Waals surface area contributed by atoms with Crippen LogP contribution in [-0.4, -0.2) is 25.5 Å². The SMILES string of the molecule is CC(C)(C)CCNCCNC(=O)C1CC1. The first kappa shape index (κ1) is 12.5. The van der Waals surface area contributed by atoms with Gasteiger partial charge in [-0.25, -0.2) is 0 Å². The van der Waals surface area contributed by atoms with Gasteiger partial charge in [-0.1, -0.05) is 20.8 Å². The average molecular weight is 212 g/mol. The van der Waals surface area contributed by atoms with Crippen molar-refractivity contribution in [2.45, 2.75) is 40.0 Å². The minimum atomic E-state index is 0.243. The summed E-state index contributed by atoms with van der Waals surface area (Å²) < 4.78 is 0. The number of carbonyl (C=O) groups excluding carboxylic acids is 1. The summed E-state index contributed by atoms with van der Waals surface area (Å²) in [6.45, 7) is 9.40. The van der Waals surface area contributed by atoms with Crippen LogP contribution in [0.25, 0.3) is 0 Å². The Morgan fingerprint density at radius 3 is 2.40 bits per heavy atom. The lowest BCUT2D eigenvalue weighted by Gasteiger charge is -2.18.